The smallest absolute Gasteiger partial charge is 0.272 e. The number of nitrogens with zero attached hydrogens (tertiary/aromatic N) is 2. The van der Waals surface area contributed by atoms with Gasteiger partial charge in [-0.2, -0.15) is 5.10 Å². The number of aryl methyl sites for hydroxylation is 1. The maximum atomic E-state index is 12.3. The first-order chi connectivity index (χ1) is 14.1. The van der Waals surface area contributed by atoms with Crippen LogP contribution in [0.3, 0.4) is 0 Å². The topological polar surface area (TPSA) is 46.4 Å². The van der Waals surface area contributed by atoms with E-state index < -0.39 is 0 Å². The Kier molecular flexibility index (Phi) is 5.19. The molecule has 1 N–H and O–H groups in total. The molecule has 0 spiro atoms. The van der Waals surface area contributed by atoms with Crippen LogP contribution >= 0.6 is 11.6 Å². The zero-order chi connectivity index (χ0) is 20.4. The summed E-state index contributed by atoms with van der Waals surface area (Å²) in [5.74, 6) is -0.338. The highest BCUT2D eigenvalue weighted by Crippen LogP contribution is 2.26. The van der Waals surface area contributed by atoms with Crippen LogP contribution in [0, 0.1) is 13.8 Å². The monoisotopic (exact) mass is 401 g/mol. The van der Waals surface area contributed by atoms with Gasteiger partial charge in [0.1, 0.15) is 0 Å². The largest absolute Gasteiger partial charge is 0.317 e. The third-order valence-corrected chi connectivity index (χ3v) is 5.30. The molecule has 0 aliphatic heterocycles. The second-order valence-electron chi connectivity index (χ2n) is 6.84. The fourth-order valence-corrected chi connectivity index (χ4v) is 3.78. The molecule has 1 heterocycles. The van der Waals surface area contributed by atoms with Gasteiger partial charge in [-0.15, -0.1) is 0 Å². The number of carbonyl (C=O) groups excluding carboxylic acids is 1. The number of fused-ring (bicyclic) bond motifs is 1. The number of carbonyl (C=O) groups is 1. The van der Waals surface area contributed by atoms with Gasteiger partial charge in [-0.05, 0) is 43.5 Å². The van der Waals surface area contributed by atoms with Gasteiger partial charge < -0.3 is 4.57 Å². The van der Waals surface area contributed by atoms with E-state index in [4.69, 9.17) is 11.6 Å². The molecule has 0 aliphatic carbocycles. The Labute approximate surface area is 174 Å². The van der Waals surface area contributed by atoms with Crippen LogP contribution in [0.15, 0.2) is 77.9 Å². The molecule has 5 heteroatoms. The fourth-order valence-electron chi connectivity index (χ4n) is 3.56. The number of rotatable bonds is 4. The van der Waals surface area contributed by atoms with Gasteiger partial charge in [0.05, 0.1) is 22.5 Å². The van der Waals surface area contributed by atoms with Crippen molar-refractivity contribution in [1.82, 2.24) is 9.99 Å². The van der Waals surface area contributed by atoms with Gasteiger partial charge in [0, 0.05) is 22.3 Å². The Bertz CT molecular complexity index is 1230. The summed E-state index contributed by atoms with van der Waals surface area (Å²) >= 11 is 6.06. The normalized spacial score (nSPS) is 11.3. The molecule has 0 fully saturated rings. The summed E-state index contributed by atoms with van der Waals surface area (Å²) in [5, 5.41) is 6.91. The highest BCUT2D eigenvalue weighted by molar-refractivity contribution is 6.33. The van der Waals surface area contributed by atoms with Crippen LogP contribution in [0.5, 0.6) is 0 Å². The Morgan fingerprint density at radius 2 is 1.72 bits per heavy atom. The zero-order valence-electron chi connectivity index (χ0n) is 16.2. The maximum Gasteiger partial charge on any atom is 0.272 e. The van der Waals surface area contributed by atoms with Gasteiger partial charge in [0.25, 0.3) is 5.91 Å². The summed E-state index contributed by atoms with van der Waals surface area (Å²) in [6.45, 7) is 4.11. The average Bonchev–Trinajstić information content (AvgIpc) is 3.01. The van der Waals surface area contributed by atoms with Gasteiger partial charge in [-0.3, -0.25) is 4.79 Å². The van der Waals surface area contributed by atoms with E-state index in [1.807, 2.05) is 19.1 Å². The van der Waals surface area contributed by atoms with Crippen LogP contribution in [0.4, 0.5) is 0 Å². The predicted octanol–water partition coefficient (Wildman–Crippen LogP) is 5.66. The number of nitrogens with one attached hydrogen (secondary N) is 1. The van der Waals surface area contributed by atoms with E-state index >= 15 is 0 Å². The van der Waals surface area contributed by atoms with Crippen molar-refractivity contribution in [3.05, 3.63) is 100 Å². The molecule has 1 amide bonds. The molecule has 0 aliphatic rings. The molecule has 0 radical (unpaired) electrons. The van der Waals surface area contributed by atoms with Crippen molar-refractivity contribution in [3.63, 3.8) is 0 Å². The molecule has 144 valence electrons. The number of halogens is 1. The second-order valence-corrected chi connectivity index (χ2v) is 7.25. The van der Waals surface area contributed by atoms with Crippen LogP contribution < -0.4 is 5.43 Å². The quantitative estimate of drug-likeness (QED) is 0.348. The number of hydrogen-bond acceptors (Lipinski definition) is 2. The third-order valence-electron chi connectivity index (χ3n) is 4.97. The summed E-state index contributed by atoms with van der Waals surface area (Å²) in [6.07, 6.45) is 1.67. The highest BCUT2D eigenvalue weighted by atomic mass is 35.5. The van der Waals surface area contributed by atoms with Crippen LogP contribution in [0.25, 0.3) is 16.5 Å². The van der Waals surface area contributed by atoms with E-state index in [2.05, 4.69) is 58.4 Å². The summed E-state index contributed by atoms with van der Waals surface area (Å²) in [7, 11) is 0. The lowest BCUT2D eigenvalue weighted by molar-refractivity contribution is 0.0955. The molecule has 4 nitrogen and oxygen atoms in total. The Morgan fingerprint density at radius 3 is 2.55 bits per heavy atom. The molecule has 1 aromatic heterocycles. The molecular weight excluding hydrogens is 382 g/mol. The molecule has 4 aromatic rings. The minimum atomic E-state index is -0.338. The average molecular weight is 402 g/mol. The first-order valence-electron chi connectivity index (χ1n) is 9.31. The standard InChI is InChI=1S/C24H20ClN3O/c1-16-14-19(15-26-27-24(29)21-11-5-6-12-22(21)25)17(2)28(16)23-13-7-9-18-8-3-4-10-20(18)23/h3-15H,1-2H3,(H,27,29)/b26-15-. The second kappa shape index (κ2) is 7.94. The fraction of sp³-hybridized carbons (Fsp3) is 0.0833. The van der Waals surface area contributed by atoms with Crippen molar-refractivity contribution in [2.45, 2.75) is 13.8 Å². The lowest BCUT2D eigenvalue weighted by Gasteiger charge is -2.13. The number of hydrazone groups is 1. The summed E-state index contributed by atoms with van der Waals surface area (Å²) in [4.78, 5) is 12.3. The third kappa shape index (κ3) is 3.67. The van der Waals surface area contributed by atoms with Gasteiger partial charge in [-0.25, -0.2) is 5.43 Å². The molecule has 0 atom stereocenters. The molecular formula is C24H20ClN3O. The number of amides is 1. The highest BCUT2D eigenvalue weighted by Gasteiger charge is 2.12. The summed E-state index contributed by atoms with van der Waals surface area (Å²) < 4.78 is 2.21. The van der Waals surface area contributed by atoms with Gasteiger partial charge in [0.2, 0.25) is 0 Å². The van der Waals surface area contributed by atoms with Crippen molar-refractivity contribution in [3.8, 4) is 5.69 Å². The van der Waals surface area contributed by atoms with Crippen LogP contribution in [0.1, 0.15) is 27.3 Å². The van der Waals surface area contributed by atoms with Crippen molar-refractivity contribution >= 4 is 34.5 Å². The SMILES string of the molecule is Cc1cc(/C=N\NC(=O)c2ccccc2Cl)c(C)n1-c1cccc2ccccc12. The Balaban J connectivity index is 1.63. The lowest BCUT2D eigenvalue weighted by Crippen LogP contribution is -2.18. The van der Waals surface area contributed by atoms with Crippen molar-refractivity contribution in [2.75, 3.05) is 0 Å². The van der Waals surface area contributed by atoms with Crippen LogP contribution in [0.2, 0.25) is 5.02 Å². The van der Waals surface area contributed by atoms with Crippen molar-refractivity contribution in [1.29, 1.82) is 0 Å². The minimum Gasteiger partial charge on any atom is -0.317 e. The summed E-state index contributed by atoms with van der Waals surface area (Å²) in [6, 6.07) is 23.6. The van der Waals surface area contributed by atoms with E-state index in [-0.39, 0.29) is 5.91 Å². The van der Waals surface area contributed by atoms with E-state index in [9.17, 15) is 4.79 Å². The molecule has 0 saturated carbocycles. The van der Waals surface area contributed by atoms with E-state index in [1.165, 1.54) is 10.8 Å². The van der Waals surface area contributed by atoms with Crippen molar-refractivity contribution in [2.24, 2.45) is 5.10 Å². The molecule has 0 unspecified atom stereocenters. The van der Waals surface area contributed by atoms with Gasteiger partial charge in [0.15, 0.2) is 0 Å². The van der Waals surface area contributed by atoms with E-state index in [1.54, 1.807) is 30.5 Å². The number of hydrogen-bond donors (Lipinski definition) is 1. The van der Waals surface area contributed by atoms with Gasteiger partial charge in [-0.1, -0.05) is 60.1 Å². The lowest BCUT2D eigenvalue weighted by atomic mass is 10.1. The molecule has 4 rings (SSSR count). The Hall–Kier alpha value is -3.37. The van der Waals surface area contributed by atoms with Crippen LogP contribution in [-0.2, 0) is 0 Å². The molecule has 29 heavy (non-hydrogen) atoms. The predicted molar refractivity (Wildman–Crippen MR) is 119 cm³/mol. The Morgan fingerprint density at radius 1 is 1.00 bits per heavy atom. The van der Waals surface area contributed by atoms with E-state index in [0.29, 0.717) is 10.6 Å². The van der Waals surface area contributed by atoms with Crippen molar-refractivity contribution < 1.29 is 4.79 Å². The number of aromatic nitrogens is 1. The van der Waals surface area contributed by atoms with Gasteiger partial charge >= 0.3 is 0 Å². The molecule has 3 aromatic carbocycles. The first kappa shape index (κ1) is 19.0. The number of benzene rings is 3. The molecule has 0 bridgehead atoms. The minimum absolute atomic E-state index is 0.338. The van der Waals surface area contributed by atoms with Crippen LogP contribution in [-0.4, -0.2) is 16.7 Å². The first-order valence-corrected chi connectivity index (χ1v) is 9.69. The maximum absolute atomic E-state index is 12.3. The summed E-state index contributed by atoms with van der Waals surface area (Å²) in [5.41, 5.74) is 7.15. The van der Waals surface area contributed by atoms with E-state index in [0.717, 1.165) is 22.6 Å². The molecule has 0 saturated heterocycles. The zero-order valence-corrected chi connectivity index (χ0v) is 16.9.